The van der Waals surface area contributed by atoms with Crippen molar-refractivity contribution in [2.75, 3.05) is 6.54 Å². The molecule has 3 nitrogen and oxygen atoms in total. The van der Waals surface area contributed by atoms with Gasteiger partial charge in [0, 0.05) is 0 Å². The number of aryl methyl sites for hydroxylation is 1. The summed E-state index contributed by atoms with van der Waals surface area (Å²) in [6, 6.07) is 8.35. The summed E-state index contributed by atoms with van der Waals surface area (Å²) in [5.41, 5.74) is 2.39. The van der Waals surface area contributed by atoms with Gasteiger partial charge in [0.25, 0.3) is 0 Å². The fourth-order valence-corrected chi connectivity index (χ4v) is 2.41. The van der Waals surface area contributed by atoms with Crippen molar-refractivity contribution in [3.8, 4) is 0 Å². The maximum absolute atomic E-state index is 12.1. The van der Waals surface area contributed by atoms with E-state index in [1.54, 1.807) is 0 Å². The average molecular weight is 246 g/mol. The first kappa shape index (κ1) is 13.1. The van der Waals surface area contributed by atoms with Gasteiger partial charge in [-0.1, -0.05) is 36.2 Å². The van der Waals surface area contributed by atoms with Crippen molar-refractivity contribution in [2.24, 2.45) is 0 Å². The SMILES string of the molecule is Cc1cccc([C@@H](C)NC(=O)[C@H]2CCCCN2)c1. The van der Waals surface area contributed by atoms with E-state index in [9.17, 15) is 4.79 Å². The van der Waals surface area contributed by atoms with Gasteiger partial charge in [-0.2, -0.15) is 0 Å². The molecule has 1 fully saturated rings. The highest BCUT2D eigenvalue weighted by molar-refractivity contribution is 5.82. The Balaban J connectivity index is 1.94. The van der Waals surface area contributed by atoms with Crippen LogP contribution in [0.1, 0.15) is 43.4 Å². The van der Waals surface area contributed by atoms with Gasteiger partial charge in [0.05, 0.1) is 12.1 Å². The number of carbonyl (C=O) groups excluding carboxylic acids is 1. The zero-order chi connectivity index (χ0) is 13.0. The van der Waals surface area contributed by atoms with Crippen molar-refractivity contribution in [1.29, 1.82) is 0 Å². The third-order valence-electron chi connectivity index (χ3n) is 3.53. The minimum absolute atomic E-state index is 0.00832. The molecule has 1 saturated heterocycles. The highest BCUT2D eigenvalue weighted by Gasteiger charge is 2.21. The maximum Gasteiger partial charge on any atom is 0.237 e. The smallest absolute Gasteiger partial charge is 0.237 e. The van der Waals surface area contributed by atoms with Crippen LogP contribution in [-0.4, -0.2) is 18.5 Å². The molecular weight excluding hydrogens is 224 g/mol. The highest BCUT2D eigenvalue weighted by atomic mass is 16.2. The number of nitrogens with one attached hydrogen (secondary N) is 2. The molecule has 0 bridgehead atoms. The van der Waals surface area contributed by atoms with E-state index in [1.165, 1.54) is 17.5 Å². The molecule has 1 aliphatic rings. The first-order valence-electron chi connectivity index (χ1n) is 6.77. The van der Waals surface area contributed by atoms with Crippen LogP contribution in [-0.2, 0) is 4.79 Å². The van der Waals surface area contributed by atoms with E-state index < -0.39 is 0 Å². The largest absolute Gasteiger partial charge is 0.348 e. The lowest BCUT2D eigenvalue weighted by Crippen LogP contribution is -2.47. The zero-order valence-corrected chi connectivity index (χ0v) is 11.2. The van der Waals surface area contributed by atoms with E-state index in [0.717, 1.165) is 19.4 Å². The molecule has 3 heteroatoms. The molecule has 0 saturated carbocycles. The van der Waals surface area contributed by atoms with E-state index in [2.05, 4.69) is 35.8 Å². The molecular formula is C15H22N2O. The first-order valence-corrected chi connectivity index (χ1v) is 6.77. The van der Waals surface area contributed by atoms with Gasteiger partial charge in [0.2, 0.25) is 5.91 Å². The van der Waals surface area contributed by atoms with Gasteiger partial charge in [0.15, 0.2) is 0 Å². The van der Waals surface area contributed by atoms with Crippen LogP contribution in [0.25, 0.3) is 0 Å². The Morgan fingerprint density at radius 2 is 2.28 bits per heavy atom. The molecule has 2 N–H and O–H groups in total. The van der Waals surface area contributed by atoms with Gasteiger partial charge in [-0.15, -0.1) is 0 Å². The molecule has 0 aliphatic carbocycles. The van der Waals surface area contributed by atoms with Crippen LogP contribution < -0.4 is 10.6 Å². The summed E-state index contributed by atoms with van der Waals surface area (Å²) in [5.74, 6) is 0.128. The summed E-state index contributed by atoms with van der Waals surface area (Å²) in [6.07, 6.45) is 3.27. The van der Waals surface area contributed by atoms with Crippen LogP contribution in [0.2, 0.25) is 0 Å². The van der Waals surface area contributed by atoms with Gasteiger partial charge >= 0.3 is 0 Å². The quantitative estimate of drug-likeness (QED) is 0.859. The topological polar surface area (TPSA) is 41.1 Å². The Morgan fingerprint density at radius 1 is 1.44 bits per heavy atom. The Kier molecular flexibility index (Phi) is 4.37. The lowest BCUT2D eigenvalue weighted by atomic mass is 10.0. The summed E-state index contributed by atoms with van der Waals surface area (Å²) in [7, 11) is 0. The number of hydrogen-bond donors (Lipinski definition) is 2. The van der Waals surface area contributed by atoms with Gasteiger partial charge in [-0.25, -0.2) is 0 Å². The molecule has 0 unspecified atom stereocenters. The first-order chi connectivity index (χ1) is 8.66. The van der Waals surface area contributed by atoms with Crippen LogP contribution in [0, 0.1) is 6.92 Å². The Bertz CT molecular complexity index is 411. The van der Waals surface area contributed by atoms with E-state index >= 15 is 0 Å². The summed E-state index contributed by atoms with van der Waals surface area (Å²) in [6.45, 7) is 5.06. The molecule has 2 atom stereocenters. The predicted octanol–water partition coefficient (Wildman–Crippen LogP) is 2.31. The standard InChI is InChI=1S/C15H22N2O/c1-11-6-5-7-13(10-11)12(2)17-15(18)14-8-3-4-9-16-14/h5-7,10,12,14,16H,3-4,8-9H2,1-2H3,(H,17,18)/t12-,14-/m1/s1. The van der Waals surface area contributed by atoms with Crippen molar-refractivity contribution in [3.05, 3.63) is 35.4 Å². The molecule has 1 heterocycles. The molecule has 1 amide bonds. The number of rotatable bonds is 3. The lowest BCUT2D eigenvalue weighted by molar-refractivity contribution is -0.124. The Hall–Kier alpha value is -1.35. The van der Waals surface area contributed by atoms with Gasteiger partial charge < -0.3 is 10.6 Å². The molecule has 2 rings (SSSR count). The number of piperidine rings is 1. The monoisotopic (exact) mass is 246 g/mol. The Labute approximate surface area is 109 Å². The number of benzene rings is 1. The second kappa shape index (κ2) is 6.01. The van der Waals surface area contributed by atoms with Crippen LogP contribution in [0.15, 0.2) is 24.3 Å². The summed E-state index contributed by atoms with van der Waals surface area (Å²) in [4.78, 5) is 12.1. The van der Waals surface area contributed by atoms with Crippen LogP contribution in [0.4, 0.5) is 0 Å². The minimum atomic E-state index is -0.00832. The van der Waals surface area contributed by atoms with Crippen molar-refractivity contribution in [2.45, 2.75) is 45.2 Å². The average Bonchev–Trinajstić information content (AvgIpc) is 2.39. The lowest BCUT2D eigenvalue weighted by Gasteiger charge is -2.24. The van der Waals surface area contributed by atoms with Gasteiger partial charge in [-0.3, -0.25) is 4.79 Å². The summed E-state index contributed by atoms with van der Waals surface area (Å²) >= 11 is 0. The number of hydrogen-bond acceptors (Lipinski definition) is 2. The maximum atomic E-state index is 12.1. The Morgan fingerprint density at radius 3 is 2.94 bits per heavy atom. The fourth-order valence-electron chi connectivity index (χ4n) is 2.41. The highest BCUT2D eigenvalue weighted by Crippen LogP contribution is 2.15. The van der Waals surface area contributed by atoms with E-state index in [-0.39, 0.29) is 18.0 Å². The molecule has 0 radical (unpaired) electrons. The molecule has 1 aliphatic heterocycles. The zero-order valence-electron chi connectivity index (χ0n) is 11.2. The summed E-state index contributed by atoms with van der Waals surface area (Å²) in [5, 5.41) is 6.37. The van der Waals surface area contributed by atoms with Crippen LogP contribution in [0.3, 0.4) is 0 Å². The number of amides is 1. The van der Waals surface area contributed by atoms with Gasteiger partial charge in [0.1, 0.15) is 0 Å². The van der Waals surface area contributed by atoms with E-state index in [0.29, 0.717) is 0 Å². The van der Waals surface area contributed by atoms with Crippen LogP contribution in [0.5, 0.6) is 0 Å². The van der Waals surface area contributed by atoms with E-state index in [1.807, 2.05) is 13.0 Å². The van der Waals surface area contributed by atoms with Crippen LogP contribution >= 0.6 is 0 Å². The van der Waals surface area contributed by atoms with Crippen molar-refractivity contribution in [1.82, 2.24) is 10.6 Å². The molecule has 18 heavy (non-hydrogen) atoms. The fraction of sp³-hybridized carbons (Fsp3) is 0.533. The molecule has 1 aromatic carbocycles. The van der Waals surface area contributed by atoms with Crippen molar-refractivity contribution in [3.63, 3.8) is 0 Å². The van der Waals surface area contributed by atoms with Gasteiger partial charge in [-0.05, 0) is 38.8 Å². The predicted molar refractivity (Wildman–Crippen MR) is 73.4 cm³/mol. The normalized spacial score (nSPS) is 21.3. The van der Waals surface area contributed by atoms with E-state index in [4.69, 9.17) is 0 Å². The third kappa shape index (κ3) is 3.33. The number of carbonyl (C=O) groups is 1. The summed E-state index contributed by atoms with van der Waals surface area (Å²) < 4.78 is 0. The molecule has 98 valence electrons. The second-order valence-electron chi connectivity index (χ2n) is 5.15. The molecule has 0 aromatic heterocycles. The molecule has 1 aromatic rings. The molecule has 0 spiro atoms. The van der Waals surface area contributed by atoms with Crippen molar-refractivity contribution < 1.29 is 4.79 Å². The van der Waals surface area contributed by atoms with Crippen molar-refractivity contribution >= 4 is 5.91 Å². The minimum Gasteiger partial charge on any atom is -0.348 e. The third-order valence-corrected chi connectivity index (χ3v) is 3.53. The second-order valence-corrected chi connectivity index (χ2v) is 5.15.